The van der Waals surface area contributed by atoms with Gasteiger partial charge in [0.1, 0.15) is 5.65 Å². The normalized spacial score (nSPS) is 15.3. The van der Waals surface area contributed by atoms with E-state index in [4.69, 9.17) is 4.74 Å². The van der Waals surface area contributed by atoms with Crippen LogP contribution in [0.15, 0.2) is 41.7 Å². The second-order valence-corrected chi connectivity index (χ2v) is 6.42. The van der Waals surface area contributed by atoms with Crippen LogP contribution in [0.25, 0.3) is 17.1 Å². The third kappa shape index (κ3) is 6.55. The van der Waals surface area contributed by atoms with Crippen LogP contribution in [0.2, 0.25) is 0 Å². The van der Waals surface area contributed by atoms with E-state index in [0.717, 1.165) is 49.1 Å². The Morgan fingerprint density at radius 1 is 1.31 bits per heavy atom. The molecule has 1 aliphatic rings. The van der Waals surface area contributed by atoms with E-state index in [1.165, 1.54) is 0 Å². The highest BCUT2D eigenvalue weighted by molar-refractivity contribution is 5.90. The Kier molecular flexibility index (Phi) is 9.07. The van der Waals surface area contributed by atoms with Crippen molar-refractivity contribution in [1.82, 2.24) is 20.4 Å². The molecule has 0 bridgehead atoms. The van der Waals surface area contributed by atoms with E-state index in [9.17, 15) is 9.59 Å². The van der Waals surface area contributed by atoms with E-state index in [1.807, 2.05) is 24.1 Å². The summed E-state index contributed by atoms with van der Waals surface area (Å²) in [5.74, 6) is 0.376. The lowest BCUT2D eigenvalue weighted by Crippen LogP contribution is -2.36. The number of hydrazine groups is 1. The minimum absolute atomic E-state index is 0.104. The van der Waals surface area contributed by atoms with Gasteiger partial charge in [-0.2, -0.15) is 0 Å². The standard InChI is InChI=1S/C18H20N4O3.C3H8O/c1-13(11-23)18(21-22-7-2-3-8-22)25-15(12-24)9-14-10-20-17-16(14)5-4-6-19-17;1-3-4-2/h4-6,9-12,21H,2-3,7-8H2,1H3,(H,19,20);3H2,1-2H3/b15-9-,18-13+;. The second-order valence-electron chi connectivity index (χ2n) is 6.42. The molecule has 29 heavy (non-hydrogen) atoms. The molecule has 0 unspecified atom stereocenters. The molecule has 1 saturated heterocycles. The minimum atomic E-state index is 0.104. The van der Waals surface area contributed by atoms with Gasteiger partial charge in [-0.05, 0) is 44.9 Å². The maximum atomic E-state index is 11.5. The highest BCUT2D eigenvalue weighted by Crippen LogP contribution is 2.20. The number of rotatable bonds is 8. The molecular formula is C21H28N4O4. The molecule has 0 radical (unpaired) electrons. The largest absolute Gasteiger partial charge is 0.436 e. The molecule has 156 valence electrons. The van der Waals surface area contributed by atoms with E-state index < -0.39 is 0 Å². The summed E-state index contributed by atoms with van der Waals surface area (Å²) >= 11 is 0. The molecule has 0 aliphatic carbocycles. The molecule has 1 fully saturated rings. The van der Waals surface area contributed by atoms with Crippen LogP contribution in [0, 0.1) is 0 Å². The lowest BCUT2D eigenvalue weighted by Gasteiger charge is -2.21. The number of carbonyl (C=O) groups excluding carboxylic acids is 2. The van der Waals surface area contributed by atoms with Crippen LogP contribution in [0.3, 0.4) is 0 Å². The number of pyridine rings is 1. The zero-order chi connectivity index (χ0) is 21.1. The number of allylic oxidation sites excluding steroid dienone is 2. The summed E-state index contributed by atoms with van der Waals surface area (Å²) in [6.07, 6.45) is 8.57. The zero-order valence-corrected chi connectivity index (χ0v) is 17.1. The van der Waals surface area contributed by atoms with Crippen molar-refractivity contribution in [3.05, 3.63) is 47.3 Å². The molecule has 3 heterocycles. The van der Waals surface area contributed by atoms with E-state index in [0.29, 0.717) is 18.1 Å². The summed E-state index contributed by atoms with van der Waals surface area (Å²) in [6.45, 7) is 6.16. The Hall–Kier alpha value is -2.97. The first-order chi connectivity index (χ1) is 14.1. The second kappa shape index (κ2) is 11.8. The topological polar surface area (TPSA) is 96.6 Å². The van der Waals surface area contributed by atoms with Crippen molar-refractivity contribution >= 4 is 29.7 Å². The molecular weight excluding hydrogens is 372 g/mol. The molecule has 2 N–H and O–H groups in total. The zero-order valence-electron chi connectivity index (χ0n) is 17.1. The summed E-state index contributed by atoms with van der Waals surface area (Å²) < 4.78 is 10.2. The van der Waals surface area contributed by atoms with E-state index >= 15 is 0 Å². The van der Waals surface area contributed by atoms with Gasteiger partial charge in [0.05, 0.1) is 5.57 Å². The SMILES string of the molecule is C/C(C=O)=C(/NN1CCCC1)O/C(C=O)=C\c1c[nH]c2ncccc12.CCOC. The van der Waals surface area contributed by atoms with Crippen LogP contribution >= 0.6 is 0 Å². The van der Waals surface area contributed by atoms with Gasteiger partial charge in [-0.15, -0.1) is 0 Å². The molecule has 2 aromatic rings. The quantitative estimate of drug-likeness (QED) is 0.399. The summed E-state index contributed by atoms with van der Waals surface area (Å²) in [5, 5.41) is 2.86. The molecule has 1 aliphatic heterocycles. The Morgan fingerprint density at radius 2 is 2.03 bits per heavy atom. The number of aromatic amines is 1. The number of H-pyrrole nitrogens is 1. The third-order valence-corrected chi connectivity index (χ3v) is 4.31. The fourth-order valence-corrected chi connectivity index (χ4v) is 2.67. The van der Waals surface area contributed by atoms with Gasteiger partial charge in [-0.1, -0.05) is 0 Å². The number of methoxy groups -OCH3 is 1. The van der Waals surface area contributed by atoms with Crippen LogP contribution in [-0.4, -0.2) is 54.4 Å². The van der Waals surface area contributed by atoms with E-state index in [-0.39, 0.29) is 11.6 Å². The van der Waals surface area contributed by atoms with Gasteiger partial charge in [0.15, 0.2) is 18.3 Å². The van der Waals surface area contributed by atoms with Gasteiger partial charge in [0.2, 0.25) is 5.88 Å². The number of carbonyl (C=O) groups is 2. The average Bonchev–Trinajstić information content (AvgIpc) is 3.42. The molecule has 0 aromatic carbocycles. The van der Waals surface area contributed by atoms with Gasteiger partial charge in [0.25, 0.3) is 0 Å². The van der Waals surface area contributed by atoms with Gasteiger partial charge < -0.3 is 14.5 Å². The van der Waals surface area contributed by atoms with Crippen LogP contribution in [0.4, 0.5) is 0 Å². The van der Waals surface area contributed by atoms with Crippen molar-refractivity contribution in [2.75, 3.05) is 26.8 Å². The highest BCUT2D eigenvalue weighted by atomic mass is 16.5. The van der Waals surface area contributed by atoms with Gasteiger partial charge in [0, 0.05) is 50.1 Å². The number of ether oxygens (including phenoxy) is 2. The van der Waals surface area contributed by atoms with E-state index in [1.54, 1.807) is 32.5 Å². The molecule has 8 heteroatoms. The summed E-state index contributed by atoms with van der Waals surface area (Å²) in [4.78, 5) is 29.9. The first-order valence-corrected chi connectivity index (χ1v) is 9.56. The van der Waals surface area contributed by atoms with Crippen molar-refractivity contribution in [1.29, 1.82) is 0 Å². The van der Waals surface area contributed by atoms with Crippen LogP contribution in [0.5, 0.6) is 0 Å². The Balaban J connectivity index is 0.000000687. The van der Waals surface area contributed by atoms with Crippen molar-refractivity contribution in [3.63, 3.8) is 0 Å². The van der Waals surface area contributed by atoms with Crippen LogP contribution < -0.4 is 5.43 Å². The smallest absolute Gasteiger partial charge is 0.214 e. The number of hydrogen-bond acceptors (Lipinski definition) is 7. The van der Waals surface area contributed by atoms with Crippen molar-refractivity contribution in [2.45, 2.75) is 26.7 Å². The number of aldehydes is 2. The molecule has 0 amide bonds. The predicted octanol–water partition coefficient (Wildman–Crippen LogP) is 2.80. The number of fused-ring (bicyclic) bond motifs is 1. The molecule has 0 saturated carbocycles. The summed E-state index contributed by atoms with van der Waals surface area (Å²) in [7, 11) is 1.68. The highest BCUT2D eigenvalue weighted by Gasteiger charge is 2.16. The fraction of sp³-hybridized carbons (Fsp3) is 0.381. The van der Waals surface area contributed by atoms with E-state index in [2.05, 4.69) is 20.1 Å². The predicted molar refractivity (Wildman–Crippen MR) is 111 cm³/mol. The maximum absolute atomic E-state index is 11.5. The lowest BCUT2D eigenvalue weighted by atomic mass is 10.2. The number of aromatic nitrogens is 2. The fourth-order valence-electron chi connectivity index (χ4n) is 2.67. The first-order valence-electron chi connectivity index (χ1n) is 9.56. The molecule has 0 atom stereocenters. The monoisotopic (exact) mass is 400 g/mol. The molecule has 8 nitrogen and oxygen atoms in total. The van der Waals surface area contributed by atoms with Crippen LogP contribution in [-0.2, 0) is 19.1 Å². The Morgan fingerprint density at radius 3 is 2.66 bits per heavy atom. The third-order valence-electron chi connectivity index (χ3n) is 4.31. The van der Waals surface area contributed by atoms with Gasteiger partial charge in [-0.3, -0.25) is 15.0 Å². The molecule has 3 rings (SSSR count). The van der Waals surface area contributed by atoms with Crippen LogP contribution in [0.1, 0.15) is 32.3 Å². The van der Waals surface area contributed by atoms with Gasteiger partial charge in [-0.25, -0.2) is 9.99 Å². The summed E-state index contributed by atoms with van der Waals surface area (Å²) in [6, 6.07) is 3.73. The van der Waals surface area contributed by atoms with Crippen molar-refractivity contribution in [3.8, 4) is 0 Å². The Labute approximate surface area is 170 Å². The minimum Gasteiger partial charge on any atom is -0.436 e. The first kappa shape index (κ1) is 22.3. The molecule has 2 aromatic heterocycles. The van der Waals surface area contributed by atoms with Crippen molar-refractivity contribution < 1.29 is 19.1 Å². The van der Waals surface area contributed by atoms with Gasteiger partial charge >= 0.3 is 0 Å². The maximum Gasteiger partial charge on any atom is 0.214 e. The Bertz CT molecular complexity index is 864. The number of hydrogen-bond donors (Lipinski definition) is 2. The van der Waals surface area contributed by atoms with Crippen molar-refractivity contribution in [2.24, 2.45) is 0 Å². The number of nitrogens with zero attached hydrogens (tertiary/aromatic N) is 2. The average molecular weight is 400 g/mol. The molecule has 0 spiro atoms. The number of nitrogens with one attached hydrogen (secondary N) is 2. The lowest BCUT2D eigenvalue weighted by molar-refractivity contribution is -0.108. The summed E-state index contributed by atoms with van der Waals surface area (Å²) in [5.41, 5.74) is 4.99.